The van der Waals surface area contributed by atoms with Crippen molar-refractivity contribution in [1.82, 2.24) is 20.9 Å². The normalized spacial score (nSPS) is 12.0. The van der Waals surface area contributed by atoms with Gasteiger partial charge in [-0.2, -0.15) is 0 Å². The van der Waals surface area contributed by atoms with E-state index in [0.717, 1.165) is 33.2 Å². The van der Waals surface area contributed by atoms with E-state index in [1.165, 1.54) is 0 Å². The summed E-state index contributed by atoms with van der Waals surface area (Å²) >= 11 is 0. The molecule has 0 spiro atoms. The maximum atomic E-state index is 13.3. The highest BCUT2D eigenvalue weighted by molar-refractivity contribution is 5.94. The van der Waals surface area contributed by atoms with E-state index >= 15 is 0 Å². The monoisotopic (exact) mass is 526 g/mol. The topological polar surface area (TPSA) is 141 Å². The van der Waals surface area contributed by atoms with Crippen molar-refractivity contribution in [3.05, 3.63) is 90.1 Å². The van der Waals surface area contributed by atoms with E-state index in [1.807, 2.05) is 79.0 Å². The molecular weight excluding hydrogens is 492 g/mol. The second kappa shape index (κ2) is 11.8. The van der Waals surface area contributed by atoms with Gasteiger partial charge in [0.1, 0.15) is 6.04 Å². The Bertz CT molecular complexity index is 1470. The lowest BCUT2D eigenvalue weighted by Crippen LogP contribution is -2.56. The van der Waals surface area contributed by atoms with Crippen LogP contribution in [0, 0.1) is 0 Å². The van der Waals surface area contributed by atoms with Crippen LogP contribution in [0.15, 0.2) is 79.0 Å². The van der Waals surface area contributed by atoms with Gasteiger partial charge in [-0.3, -0.25) is 9.59 Å². The van der Waals surface area contributed by atoms with Gasteiger partial charge in [0.05, 0.1) is 11.2 Å². The van der Waals surface area contributed by atoms with Crippen LogP contribution >= 0.6 is 0 Å². The van der Waals surface area contributed by atoms with Crippen LogP contribution in [0.3, 0.4) is 0 Å². The summed E-state index contributed by atoms with van der Waals surface area (Å²) in [6.45, 7) is 3.49. The van der Waals surface area contributed by atoms with E-state index < -0.39 is 17.5 Å². The number of carbonyl (C=O) groups excluding carboxylic acids is 3. The maximum Gasteiger partial charge on any atom is 0.318 e. The lowest BCUT2D eigenvalue weighted by Gasteiger charge is -2.24. The molecule has 39 heavy (non-hydrogen) atoms. The predicted octanol–water partition coefficient (Wildman–Crippen LogP) is 3.67. The Morgan fingerprint density at radius 1 is 0.949 bits per heavy atom. The number of H-pyrrole nitrogens is 1. The summed E-state index contributed by atoms with van der Waals surface area (Å²) in [6.07, 6.45) is 2.17. The highest BCUT2D eigenvalue weighted by Crippen LogP contribution is 2.28. The molecule has 0 aliphatic rings. The summed E-state index contributed by atoms with van der Waals surface area (Å²) in [6, 6.07) is 22.0. The minimum atomic E-state index is -1.13. The van der Waals surface area contributed by atoms with Crippen molar-refractivity contribution in [3.63, 3.8) is 0 Å². The second-order valence-electron chi connectivity index (χ2n) is 9.98. The minimum Gasteiger partial charge on any atom is -0.361 e. The average Bonchev–Trinajstić information content (AvgIpc) is 3.34. The molecular formula is C30H34N6O3. The van der Waals surface area contributed by atoms with Gasteiger partial charge < -0.3 is 32.0 Å². The first-order chi connectivity index (χ1) is 18.7. The number of carbonyl (C=O) groups is 3. The standard InChI is InChI=1S/C30H34N6O3/c1-30(2,31)28(38)35-26(16-21-18-33-24-10-6-4-9-23(21)24)27(37)34-17-19-12-14-20(15-13-19)22-8-5-7-11-25(22)36-29(39)32-3/h4-15,18,26,33H,16-17,31H2,1-3H3,(H,34,37)(H,35,38)(H2,32,36,39)/t26-/m1/s1. The van der Waals surface area contributed by atoms with E-state index in [1.54, 1.807) is 20.9 Å². The molecule has 9 heteroatoms. The lowest BCUT2D eigenvalue weighted by molar-refractivity contribution is -0.131. The van der Waals surface area contributed by atoms with Gasteiger partial charge in [-0.25, -0.2) is 4.79 Å². The predicted molar refractivity (Wildman–Crippen MR) is 154 cm³/mol. The van der Waals surface area contributed by atoms with Crippen LogP contribution in [0.1, 0.15) is 25.0 Å². The van der Waals surface area contributed by atoms with Crippen molar-refractivity contribution in [2.24, 2.45) is 5.73 Å². The number of aromatic nitrogens is 1. The van der Waals surface area contributed by atoms with Crippen molar-refractivity contribution in [2.75, 3.05) is 12.4 Å². The number of amides is 4. The summed E-state index contributed by atoms with van der Waals surface area (Å²) in [5.41, 5.74) is 10.1. The zero-order valence-corrected chi connectivity index (χ0v) is 22.3. The SMILES string of the molecule is CNC(=O)Nc1ccccc1-c1ccc(CNC(=O)[C@@H](Cc2c[nH]c3ccccc23)NC(=O)C(C)(C)N)cc1. The van der Waals surface area contributed by atoms with E-state index in [4.69, 9.17) is 5.73 Å². The van der Waals surface area contributed by atoms with E-state index in [0.29, 0.717) is 12.1 Å². The fraction of sp³-hybridized carbons (Fsp3) is 0.233. The number of urea groups is 1. The highest BCUT2D eigenvalue weighted by Gasteiger charge is 2.28. The molecule has 0 aliphatic heterocycles. The van der Waals surface area contributed by atoms with Crippen LogP contribution in [-0.4, -0.2) is 41.5 Å². The van der Waals surface area contributed by atoms with Gasteiger partial charge >= 0.3 is 6.03 Å². The Balaban J connectivity index is 1.47. The second-order valence-corrected chi connectivity index (χ2v) is 9.98. The van der Waals surface area contributed by atoms with E-state index in [-0.39, 0.29) is 18.5 Å². The molecule has 0 saturated carbocycles. The molecule has 0 aliphatic carbocycles. The molecule has 1 aromatic heterocycles. The summed E-state index contributed by atoms with van der Waals surface area (Å²) in [5, 5.41) is 12.2. The quantitative estimate of drug-likeness (QED) is 0.198. The van der Waals surface area contributed by atoms with Gasteiger partial charge in [-0.05, 0) is 42.7 Å². The zero-order chi connectivity index (χ0) is 28.0. The number of anilines is 1. The third-order valence-corrected chi connectivity index (χ3v) is 6.44. The van der Waals surface area contributed by atoms with Gasteiger partial charge in [0.15, 0.2) is 0 Å². The molecule has 0 saturated heterocycles. The number of rotatable bonds is 9. The fourth-order valence-electron chi connectivity index (χ4n) is 4.22. The largest absolute Gasteiger partial charge is 0.361 e. The van der Waals surface area contributed by atoms with Gasteiger partial charge in [-0.15, -0.1) is 0 Å². The van der Waals surface area contributed by atoms with Gasteiger partial charge in [-0.1, -0.05) is 60.7 Å². The Labute approximate surface area is 227 Å². The van der Waals surface area contributed by atoms with Crippen molar-refractivity contribution in [3.8, 4) is 11.1 Å². The first kappa shape index (κ1) is 27.4. The Morgan fingerprint density at radius 3 is 2.36 bits per heavy atom. The lowest BCUT2D eigenvalue weighted by atomic mass is 10.0. The fourth-order valence-corrected chi connectivity index (χ4v) is 4.22. The van der Waals surface area contributed by atoms with Crippen molar-refractivity contribution >= 4 is 34.4 Å². The van der Waals surface area contributed by atoms with Gasteiger partial charge in [0.2, 0.25) is 11.8 Å². The highest BCUT2D eigenvalue weighted by atomic mass is 16.2. The first-order valence-corrected chi connectivity index (χ1v) is 12.8. The number of hydrogen-bond acceptors (Lipinski definition) is 4. The summed E-state index contributed by atoms with van der Waals surface area (Å²) in [5.74, 6) is -0.710. The Hall–Kier alpha value is -4.63. The summed E-state index contributed by atoms with van der Waals surface area (Å²) in [7, 11) is 1.56. The Morgan fingerprint density at radius 2 is 1.64 bits per heavy atom. The van der Waals surface area contributed by atoms with Crippen molar-refractivity contribution < 1.29 is 14.4 Å². The van der Waals surface area contributed by atoms with Crippen LogP contribution < -0.4 is 27.0 Å². The molecule has 4 aromatic rings. The number of nitrogens with one attached hydrogen (secondary N) is 5. The third kappa shape index (κ3) is 6.82. The number of nitrogens with two attached hydrogens (primary N) is 1. The summed E-state index contributed by atoms with van der Waals surface area (Å²) < 4.78 is 0. The molecule has 4 rings (SSSR count). The van der Waals surface area contributed by atoms with Gasteiger partial charge in [0.25, 0.3) is 0 Å². The van der Waals surface area contributed by atoms with Crippen LogP contribution in [0.4, 0.5) is 10.5 Å². The van der Waals surface area contributed by atoms with Crippen molar-refractivity contribution in [2.45, 2.75) is 38.4 Å². The number of benzene rings is 3. The number of aromatic amines is 1. The molecule has 0 fully saturated rings. The molecule has 0 bridgehead atoms. The molecule has 4 amide bonds. The maximum absolute atomic E-state index is 13.3. The molecule has 1 heterocycles. The van der Waals surface area contributed by atoms with Crippen LogP contribution in [0.5, 0.6) is 0 Å². The molecule has 9 nitrogen and oxygen atoms in total. The molecule has 202 valence electrons. The zero-order valence-electron chi connectivity index (χ0n) is 22.3. The minimum absolute atomic E-state index is 0.281. The molecule has 0 unspecified atom stereocenters. The molecule has 3 aromatic carbocycles. The molecule has 1 atom stereocenters. The number of fused-ring (bicyclic) bond motifs is 1. The van der Waals surface area contributed by atoms with Crippen LogP contribution in [0.25, 0.3) is 22.0 Å². The van der Waals surface area contributed by atoms with Crippen LogP contribution in [0.2, 0.25) is 0 Å². The Kier molecular flexibility index (Phi) is 8.31. The van der Waals surface area contributed by atoms with Crippen molar-refractivity contribution in [1.29, 1.82) is 0 Å². The van der Waals surface area contributed by atoms with E-state index in [9.17, 15) is 14.4 Å². The number of hydrogen-bond donors (Lipinski definition) is 6. The molecule has 0 radical (unpaired) electrons. The van der Waals surface area contributed by atoms with E-state index in [2.05, 4.69) is 26.3 Å². The van der Waals surface area contributed by atoms with Crippen LogP contribution in [-0.2, 0) is 22.6 Å². The average molecular weight is 527 g/mol. The van der Waals surface area contributed by atoms with Gasteiger partial charge in [0, 0.05) is 42.7 Å². The third-order valence-electron chi connectivity index (χ3n) is 6.44. The molecule has 7 N–H and O–H groups in total. The smallest absolute Gasteiger partial charge is 0.318 e. The summed E-state index contributed by atoms with van der Waals surface area (Å²) in [4.78, 5) is 41.0. The number of para-hydroxylation sites is 2. The first-order valence-electron chi connectivity index (χ1n) is 12.8.